The highest BCUT2D eigenvalue weighted by atomic mass is 32.2. The number of rotatable bonds is 5. The van der Waals surface area contributed by atoms with Gasteiger partial charge in [0, 0.05) is 12.6 Å². The van der Waals surface area contributed by atoms with E-state index in [1.165, 1.54) is 19.3 Å². The third-order valence-electron chi connectivity index (χ3n) is 3.21. The van der Waals surface area contributed by atoms with Gasteiger partial charge in [-0.25, -0.2) is 0 Å². The number of nitrogens with zero attached hydrogens (tertiary/aromatic N) is 2. The lowest BCUT2D eigenvalue weighted by Gasteiger charge is -2.14. The van der Waals surface area contributed by atoms with Crippen LogP contribution in [0, 0.1) is 16.0 Å². The monoisotopic (exact) mass is 352 g/mol. The number of carbonyl (C=O) groups is 2. The molecule has 0 aromatic heterocycles. The van der Waals surface area contributed by atoms with E-state index >= 15 is 0 Å². The largest absolute Gasteiger partial charge is 0.500 e. The third kappa shape index (κ3) is 3.51. The van der Waals surface area contributed by atoms with Gasteiger partial charge in [-0.2, -0.15) is 0 Å². The molecule has 1 aliphatic rings. The van der Waals surface area contributed by atoms with E-state index in [4.69, 9.17) is 4.74 Å². The fourth-order valence-electron chi connectivity index (χ4n) is 2.17. The molecule has 2 rings (SSSR count). The molecule has 128 valence electrons. The van der Waals surface area contributed by atoms with Crippen molar-refractivity contribution in [3.63, 3.8) is 0 Å². The number of nitro benzene ring substituents is 1. The maximum Gasteiger partial charge on any atom is 0.315 e. The first kappa shape index (κ1) is 17.8. The molecular weight excluding hydrogens is 336 g/mol. The van der Waals surface area contributed by atoms with Crippen molar-refractivity contribution >= 4 is 34.7 Å². The quantitative estimate of drug-likeness (QED) is 0.493. The van der Waals surface area contributed by atoms with Crippen LogP contribution in [0.4, 0.5) is 10.5 Å². The van der Waals surface area contributed by atoms with Gasteiger partial charge in [0.1, 0.15) is 0 Å². The molecule has 0 bridgehead atoms. The molecule has 0 spiro atoms. The minimum atomic E-state index is -0.750. The number of methoxy groups -OCH3 is 1. The van der Waals surface area contributed by atoms with E-state index in [1.54, 1.807) is 0 Å². The van der Waals surface area contributed by atoms with Crippen LogP contribution in [0.5, 0.6) is 11.5 Å². The zero-order chi connectivity index (χ0) is 18.0. The number of benzene rings is 1. The fraction of sp³-hybridized carbons (Fsp3) is 0.333. The average molecular weight is 352 g/mol. The van der Waals surface area contributed by atoms with E-state index in [-0.39, 0.29) is 27.4 Å². The zero-order valence-corrected chi connectivity index (χ0v) is 14.1. The minimum absolute atomic E-state index is 0.0862. The van der Waals surface area contributed by atoms with Crippen LogP contribution < -0.4 is 4.74 Å². The van der Waals surface area contributed by atoms with Gasteiger partial charge in [0.2, 0.25) is 5.75 Å². The number of carbonyl (C=O) groups excluding carboxylic acids is 2. The molecule has 1 aliphatic heterocycles. The molecule has 0 unspecified atom stereocenters. The van der Waals surface area contributed by atoms with Crippen molar-refractivity contribution in [2.75, 3.05) is 13.7 Å². The second-order valence-electron chi connectivity index (χ2n) is 5.53. The number of phenolic OH excluding ortho intramolecular Hbond substituents is 1. The molecule has 1 heterocycles. The number of phenols is 1. The van der Waals surface area contributed by atoms with Gasteiger partial charge in [0.05, 0.1) is 16.9 Å². The molecule has 8 nitrogen and oxygen atoms in total. The topological polar surface area (TPSA) is 110 Å². The van der Waals surface area contributed by atoms with E-state index in [1.807, 2.05) is 13.8 Å². The normalized spacial score (nSPS) is 16.3. The van der Waals surface area contributed by atoms with Crippen molar-refractivity contribution in [3.8, 4) is 11.5 Å². The molecule has 1 aromatic rings. The Hall–Kier alpha value is -2.55. The Kier molecular flexibility index (Phi) is 5.13. The van der Waals surface area contributed by atoms with Gasteiger partial charge < -0.3 is 9.84 Å². The number of amides is 2. The van der Waals surface area contributed by atoms with E-state index in [0.717, 1.165) is 22.7 Å². The van der Waals surface area contributed by atoms with Crippen molar-refractivity contribution in [3.05, 3.63) is 32.7 Å². The van der Waals surface area contributed by atoms with Gasteiger partial charge in [-0.1, -0.05) is 13.8 Å². The summed E-state index contributed by atoms with van der Waals surface area (Å²) in [5, 5.41) is 20.4. The first-order chi connectivity index (χ1) is 11.2. The minimum Gasteiger partial charge on any atom is -0.500 e. The maximum atomic E-state index is 12.3. The zero-order valence-electron chi connectivity index (χ0n) is 13.3. The second-order valence-corrected chi connectivity index (χ2v) is 6.53. The fourth-order valence-corrected chi connectivity index (χ4v) is 3.01. The number of aromatic hydroxyl groups is 1. The maximum absolute atomic E-state index is 12.3. The highest BCUT2D eigenvalue weighted by molar-refractivity contribution is 8.18. The molecule has 24 heavy (non-hydrogen) atoms. The molecule has 0 saturated carbocycles. The second kappa shape index (κ2) is 6.91. The summed E-state index contributed by atoms with van der Waals surface area (Å²) >= 11 is 0.776. The summed E-state index contributed by atoms with van der Waals surface area (Å²) in [4.78, 5) is 35.8. The van der Waals surface area contributed by atoms with Crippen molar-refractivity contribution in [2.24, 2.45) is 5.92 Å². The van der Waals surface area contributed by atoms with Crippen LogP contribution in [0.1, 0.15) is 19.4 Å². The average Bonchev–Trinajstić information content (AvgIpc) is 2.75. The van der Waals surface area contributed by atoms with Crippen LogP contribution in [-0.2, 0) is 4.79 Å². The van der Waals surface area contributed by atoms with Crippen molar-refractivity contribution in [1.82, 2.24) is 4.90 Å². The Morgan fingerprint density at radius 1 is 1.42 bits per heavy atom. The van der Waals surface area contributed by atoms with Crippen LogP contribution in [0.3, 0.4) is 0 Å². The SMILES string of the molecule is COc1cc(C=C2SC(=O)N(CC(C)C)C2=O)cc([N+](=O)[O-])c1O. The molecule has 0 atom stereocenters. The molecule has 0 radical (unpaired) electrons. The number of thioether (sulfide) groups is 1. The Labute approximate surface area is 142 Å². The first-order valence-electron chi connectivity index (χ1n) is 7.05. The van der Waals surface area contributed by atoms with Gasteiger partial charge in [0.15, 0.2) is 5.75 Å². The predicted molar refractivity (Wildman–Crippen MR) is 88.8 cm³/mol. The number of hydrogen-bond acceptors (Lipinski definition) is 7. The summed E-state index contributed by atoms with van der Waals surface area (Å²) in [7, 11) is 1.26. The highest BCUT2D eigenvalue weighted by Gasteiger charge is 2.35. The molecule has 9 heteroatoms. The van der Waals surface area contributed by atoms with Gasteiger partial charge >= 0.3 is 5.69 Å². The first-order valence-corrected chi connectivity index (χ1v) is 7.87. The third-order valence-corrected chi connectivity index (χ3v) is 4.12. The van der Waals surface area contributed by atoms with Crippen molar-refractivity contribution in [2.45, 2.75) is 13.8 Å². The van der Waals surface area contributed by atoms with Crippen LogP contribution in [0.25, 0.3) is 6.08 Å². The van der Waals surface area contributed by atoms with Gasteiger partial charge in [-0.3, -0.25) is 24.6 Å². The molecule has 1 aromatic carbocycles. The Morgan fingerprint density at radius 2 is 2.08 bits per heavy atom. The number of imide groups is 1. The standard InChI is InChI=1S/C15H16N2O6S/c1-8(2)7-16-14(19)12(24-15(16)20)6-9-4-10(17(21)22)13(18)11(5-9)23-3/h4-6,8,18H,7H2,1-3H3. The highest BCUT2D eigenvalue weighted by Crippen LogP contribution is 2.39. The van der Waals surface area contributed by atoms with Crippen LogP contribution in [0.2, 0.25) is 0 Å². The van der Waals surface area contributed by atoms with E-state index < -0.39 is 22.3 Å². The summed E-state index contributed by atoms with van der Waals surface area (Å²) < 4.78 is 4.91. The molecule has 2 amide bonds. The summed E-state index contributed by atoms with van der Waals surface area (Å²) in [6, 6.07) is 2.48. The summed E-state index contributed by atoms with van der Waals surface area (Å²) in [6.07, 6.45) is 1.38. The molecule has 1 N–H and O–H groups in total. The number of nitro groups is 1. The predicted octanol–water partition coefficient (Wildman–Crippen LogP) is 3.00. The van der Waals surface area contributed by atoms with Crippen LogP contribution in [0.15, 0.2) is 17.0 Å². The summed E-state index contributed by atoms with van der Waals surface area (Å²) in [6.45, 7) is 4.09. The lowest BCUT2D eigenvalue weighted by atomic mass is 10.1. The van der Waals surface area contributed by atoms with E-state index in [9.17, 15) is 24.8 Å². The number of hydrogen-bond donors (Lipinski definition) is 1. The summed E-state index contributed by atoms with van der Waals surface area (Å²) in [5.41, 5.74) is -0.256. The van der Waals surface area contributed by atoms with E-state index in [0.29, 0.717) is 6.54 Å². The van der Waals surface area contributed by atoms with Crippen molar-refractivity contribution < 1.29 is 24.4 Å². The number of ether oxygens (including phenoxy) is 1. The van der Waals surface area contributed by atoms with Gasteiger partial charge in [0.25, 0.3) is 11.1 Å². The molecular formula is C15H16N2O6S. The smallest absolute Gasteiger partial charge is 0.315 e. The Morgan fingerprint density at radius 3 is 2.62 bits per heavy atom. The van der Waals surface area contributed by atoms with Crippen molar-refractivity contribution in [1.29, 1.82) is 0 Å². The lowest BCUT2D eigenvalue weighted by Crippen LogP contribution is -2.31. The Bertz CT molecular complexity index is 744. The molecule has 0 aliphatic carbocycles. The molecule has 1 saturated heterocycles. The van der Waals surface area contributed by atoms with Gasteiger partial charge in [-0.15, -0.1) is 0 Å². The van der Waals surface area contributed by atoms with E-state index in [2.05, 4.69) is 0 Å². The van der Waals surface area contributed by atoms with Crippen LogP contribution >= 0.6 is 11.8 Å². The van der Waals surface area contributed by atoms with Gasteiger partial charge in [-0.05, 0) is 35.4 Å². The lowest BCUT2D eigenvalue weighted by molar-refractivity contribution is -0.386. The Balaban J connectivity index is 2.41. The summed E-state index contributed by atoms with van der Waals surface area (Å²) in [5.74, 6) is -0.981. The van der Waals surface area contributed by atoms with Crippen LogP contribution in [-0.4, -0.2) is 39.7 Å². The molecule has 1 fully saturated rings.